The standard InChI is InChI=1S/C52H52N6O/c1-27-21-30(4)45(31(5)22-27)48-36-12-14-38(54-36)49(46-32(6)23-28(2)24-33(46)7)40-16-18-42(56-40)51(58-52(59)44-11-10-20-53-44)43-19-17-41(57-43)50(39-15-13-37(48)55-39)47-34(8)25-29(3)26-35(47)9/h12-19,21-26,44,53-54,57H,10-11,20H2,1-9H3,(H,58,59)/t44-/m0/s1. The lowest BCUT2D eigenvalue weighted by molar-refractivity contribution is -0.117. The minimum Gasteiger partial charge on any atom is -0.354 e. The van der Waals surface area contributed by atoms with Gasteiger partial charge >= 0.3 is 0 Å². The zero-order valence-electron chi connectivity index (χ0n) is 35.6. The van der Waals surface area contributed by atoms with Crippen LogP contribution in [0, 0.1) is 62.3 Å². The van der Waals surface area contributed by atoms with E-state index in [1.54, 1.807) is 0 Å². The molecular weight excluding hydrogens is 725 g/mol. The zero-order valence-corrected chi connectivity index (χ0v) is 35.6. The Morgan fingerprint density at radius 1 is 0.508 bits per heavy atom. The number of benzene rings is 3. The predicted molar refractivity (Wildman–Crippen MR) is 247 cm³/mol. The normalized spacial score (nSPS) is 14.7. The number of fused-ring (bicyclic) bond motifs is 8. The van der Waals surface area contributed by atoms with Crippen molar-refractivity contribution in [1.82, 2.24) is 25.3 Å². The van der Waals surface area contributed by atoms with Gasteiger partial charge in [0.2, 0.25) is 5.91 Å². The summed E-state index contributed by atoms with van der Waals surface area (Å²) in [7, 11) is 0. The molecule has 1 atom stereocenters. The van der Waals surface area contributed by atoms with Crippen LogP contribution in [0.4, 0.5) is 5.69 Å². The summed E-state index contributed by atoms with van der Waals surface area (Å²) in [6.07, 6.45) is 10.2. The van der Waals surface area contributed by atoms with Crippen LogP contribution in [0.15, 0.2) is 60.7 Å². The molecule has 7 nitrogen and oxygen atoms in total. The first-order valence-electron chi connectivity index (χ1n) is 20.8. The molecule has 0 aliphatic carbocycles. The Balaban J connectivity index is 1.47. The number of H-pyrrole nitrogens is 2. The summed E-state index contributed by atoms with van der Waals surface area (Å²) in [6.45, 7) is 20.4. The van der Waals surface area contributed by atoms with Gasteiger partial charge in [-0.15, -0.1) is 0 Å². The number of aromatic amines is 2. The summed E-state index contributed by atoms with van der Waals surface area (Å²) in [4.78, 5) is 32.6. The van der Waals surface area contributed by atoms with E-state index in [4.69, 9.17) is 9.97 Å². The molecule has 9 rings (SSSR count). The Kier molecular flexibility index (Phi) is 9.60. The SMILES string of the molecule is Cc1cc(C)c(-c2c3nc(c(-c4c(C)cc(C)cc4C)c4ccc([nH]4)c(-c4c(C)cc(C)cc4C)c4nc(c(NC(=O)[C@@H]5CCCN5)c5ccc2[nH]5)C=C4)C=C3)c(C)c1. The fraction of sp³-hybridized carbons (Fsp3) is 0.250. The van der Waals surface area contributed by atoms with E-state index < -0.39 is 0 Å². The summed E-state index contributed by atoms with van der Waals surface area (Å²) in [5.74, 6) is -0.0578. The van der Waals surface area contributed by atoms with E-state index in [0.717, 1.165) is 86.4 Å². The topological polar surface area (TPSA) is 98.5 Å². The van der Waals surface area contributed by atoms with Crippen molar-refractivity contribution in [2.24, 2.45) is 0 Å². The van der Waals surface area contributed by atoms with Gasteiger partial charge in [-0.1, -0.05) is 53.1 Å². The van der Waals surface area contributed by atoms with Crippen molar-refractivity contribution >= 4 is 58.0 Å². The summed E-state index contributed by atoms with van der Waals surface area (Å²) >= 11 is 0. The third-order valence-corrected chi connectivity index (χ3v) is 12.2. The highest BCUT2D eigenvalue weighted by atomic mass is 16.2. The molecule has 3 aliphatic heterocycles. The maximum absolute atomic E-state index is 13.9. The monoisotopic (exact) mass is 776 g/mol. The highest BCUT2D eigenvalue weighted by Crippen LogP contribution is 2.41. The number of nitrogens with one attached hydrogen (secondary N) is 4. The Morgan fingerprint density at radius 3 is 1.25 bits per heavy atom. The van der Waals surface area contributed by atoms with Gasteiger partial charge in [-0.3, -0.25) is 4.79 Å². The van der Waals surface area contributed by atoms with Crippen molar-refractivity contribution in [2.75, 3.05) is 11.9 Å². The number of rotatable bonds is 5. The second-order valence-electron chi connectivity index (χ2n) is 17.0. The van der Waals surface area contributed by atoms with Gasteiger partial charge in [-0.05, 0) is 180 Å². The third kappa shape index (κ3) is 6.83. The van der Waals surface area contributed by atoms with Crippen LogP contribution in [0.2, 0.25) is 0 Å². The number of aryl methyl sites for hydroxylation is 9. The average molecular weight is 777 g/mol. The maximum atomic E-state index is 13.9. The first-order valence-corrected chi connectivity index (χ1v) is 20.8. The van der Waals surface area contributed by atoms with Gasteiger partial charge < -0.3 is 20.6 Å². The Morgan fingerprint density at radius 2 is 0.864 bits per heavy atom. The maximum Gasteiger partial charge on any atom is 0.241 e. The zero-order chi connectivity index (χ0) is 41.3. The van der Waals surface area contributed by atoms with E-state index in [2.05, 4.69) is 162 Å². The molecule has 0 spiro atoms. The van der Waals surface area contributed by atoms with E-state index >= 15 is 0 Å². The Bertz CT molecular complexity index is 2860. The molecule has 0 unspecified atom stereocenters. The van der Waals surface area contributed by atoms with E-state index in [1.165, 1.54) is 55.6 Å². The summed E-state index contributed by atoms with van der Waals surface area (Å²) in [5.41, 5.74) is 24.8. The van der Waals surface area contributed by atoms with Crippen molar-refractivity contribution in [3.05, 3.63) is 134 Å². The number of hydrogen-bond acceptors (Lipinski definition) is 4. The van der Waals surface area contributed by atoms with Crippen LogP contribution in [0.1, 0.15) is 85.7 Å². The summed E-state index contributed by atoms with van der Waals surface area (Å²) < 4.78 is 0. The molecule has 0 saturated carbocycles. The Hall–Kier alpha value is -6.31. The molecule has 7 heteroatoms. The van der Waals surface area contributed by atoms with Gasteiger partial charge in [0.1, 0.15) is 0 Å². The van der Waals surface area contributed by atoms with Crippen molar-refractivity contribution < 1.29 is 4.79 Å². The summed E-state index contributed by atoms with van der Waals surface area (Å²) in [5, 5.41) is 6.72. The van der Waals surface area contributed by atoms with Gasteiger partial charge in [0.15, 0.2) is 0 Å². The van der Waals surface area contributed by atoms with Gasteiger partial charge in [-0.25, -0.2) is 9.97 Å². The van der Waals surface area contributed by atoms with Crippen LogP contribution in [0.25, 0.3) is 79.8 Å². The number of carbonyl (C=O) groups is 1. The molecule has 3 aliphatic rings. The van der Waals surface area contributed by atoms with Crippen LogP contribution < -0.4 is 10.6 Å². The molecule has 59 heavy (non-hydrogen) atoms. The lowest BCUT2D eigenvalue weighted by atomic mass is 9.92. The molecule has 1 saturated heterocycles. The van der Waals surface area contributed by atoms with Crippen LogP contribution in [-0.2, 0) is 4.79 Å². The second-order valence-corrected chi connectivity index (χ2v) is 17.0. The number of aromatic nitrogens is 4. The fourth-order valence-corrected chi connectivity index (χ4v) is 9.97. The minimum atomic E-state index is -0.262. The summed E-state index contributed by atoms with van der Waals surface area (Å²) in [6, 6.07) is 21.8. The molecule has 3 aromatic heterocycles. The number of carbonyl (C=O) groups excluding carboxylic acids is 1. The first-order chi connectivity index (χ1) is 28.3. The fourth-order valence-electron chi connectivity index (χ4n) is 9.97. The largest absolute Gasteiger partial charge is 0.354 e. The smallest absolute Gasteiger partial charge is 0.241 e. The molecule has 4 N–H and O–H groups in total. The second kappa shape index (κ2) is 14.8. The predicted octanol–water partition coefficient (Wildman–Crippen LogP) is 12.1. The van der Waals surface area contributed by atoms with Gasteiger partial charge in [0.05, 0.1) is 40.0 Å². The van der Waals surface area contributed by atoms with Gasteiger partial charge in [0.25, 0.3) is 0 Å². The highest BCUT2D eigenvalue weighted by molar-refractivity contribution is 6.04. The van der Waals surface area contributed by atoms with E-state index in [-0.39, 0.29) is 11.9 Å². The van der Waals surface area contributed by atoms with Crippen LogP contribution in [0.3, 0.4) is 0 Å². The minimum absolute atomic E-state index is 0.0578. The van der Waals surface area contributed by atoms with Crippen LogP contribution >= 0.6 is 0 Å². The van der Waals surface area contributed by atoms with Crippen LogP contribution in [-0.4, -0.2) is 38.4 Å². The number of anilines is 1. The van der Waals surface area contributed by atoms with Crippen molar-refractivity contribution in [3.8, 4) is 33.4 Å². The Labute approximate surface area is 346 Å². The lowest BCUT2D eigenvalue weighted by Gasteiger charge is -2.14. The van der Waals surface area contributed by atoms with Gasteiger partial charge in [-0.2, -0.15) is 0 Å². The lowest BCUT2D eigenvalue weighted by Crippen LogP contribution is -2.35. The molecule has 296 valence electrons. The number of nitrogens with zero attached hydrogens (tertiary/aromatic N) is 2. The molecule has 1 amide bonds. The third-order valence-electron chi connectivity index (χ3n) is 12.2. The highest BCUT2D eigenvalue weighted by Gasteiger charge is 2.26. The quantitative estimate of drug-likeness (QED) is 0.140. The first kappa shape index (κ1) is 38.2. The molecule has 3 aromatic carbocycles. The van der Waals surface area contributed by atoms with Crippen molar-refractivity contribution in [1.29, 1.82) is 0 Å². The van der Waals surface area contributed by atoms with Crippen molar-refractivity contribution in [2.45, 2.75) is 81.2 Å². The molecule has 6 heterocycles. The number of hydrogen-bond donors (Lipinski definition) is 4. The van der Waals surface area contributed by atoms with Crippen LogP contribution in [0.5, 0.6) is 0 Å². The molecule has 8 bridgehead atoms. The number of amides is 1. The molecule has 6 aromatic rings. The molecule has 0 radical (unpaired) electrons. The van der Waals surface area contributed by atoms with Crippen molar-refractivity contribution in [3.63, 3.8) is 0 Å². The van der Waals surface area contributed by atoms with Gasteiger partial charge in [0, 0.05) is 33.2 Å². The molecule has 1 fully saturated rings. The van der Waals surface area contributed by atoms with E-state index in [0.29, 0.717) is 11.4 Å². The van der Waals surface area contributed by atoms with E-state index in [1.807, 2.05) is 6.08 Å². The molecular formula is C52H52N6O. The van der Waals surface area contributed by atoms with E-state index in [9.17, 15) is 4.79 Å². The average Bonchev–Trinajstić information content (AvgIpc) is 4.02.